The number of nitrogens with one attached hydrogen (secondary N) is 2. The fourth-order valence-electron chi connectivity index (χ4n) is 1.98. The Balaban J connectivity index is 1.94. The summed E-state index contributed by atoms with van der Waals surface area (Å²) >= 11 is 0. The molecule has 0 bridgehead atoms. The lowest BCUT2D eigenvalue weighted by molar-refractivity contribution is -0.384. The summed E-state index contributed by atoms with van der Waals surface area (Å²) in [5.74, 6) is -0.198. The monoisotopic (exact) mass is 317 g/mol. The normalized spacial score (nSPS) is 10.5. The van der Waals surface area contributed by atoms with Gasteiger partial charge in [0.2, 0.25) is 0 Å². The number of hydrogen-bond acceptors (Lipinski definition) is 5. The highest BCUT2D eigenvalue weighted by Gasteiger charge is 2.10. The van der Waals surface area contributed by atoms with Crippen molar-refractivity contribution >= 4 is 11.6 Å². The number of amides is 1. The van der Waals surface area contributed by atoms with E-state index in [1.807, 2.05) is 0 Å². The number of non-ortho nitro benzene ring substituents is 1. The van der Waals surface area contributed by atoms with Crippen LogP contribution in [0.15, 0.2) is 36.7 Å². The zero-order valence-electron chi connectivity index (χ0n) is 12.9. The molecule has 2 N–H and O–H groups in total. The lowest BCUT2D eigenvalue weighted by Gasteiger charge is -2.04. The zero-order valence-corrected chi connectivity index (χ0v) is 12.9. The molecule has 0 saturated heterocycles. The maximum absolute atomic E-state index is 12.0. The van der Waals surface area contributed by atoms with Crippen molar-refractivity contribution in [2.24, 2.45) is 0 Å². The number of rotatable bonds is 8. The summed E-state index contributed by atoms with van der Waals surface area (Å²) < 4.78 is 1.51. The van der Waals surface area contributed by atoms with Crippen LogP contribution >= 0.6 is 0 Å². The van der Waals surface area contributed by atoms with Gasteiger partial charge in [0, 0.05) is 31.4 Å². The van der Waals surface area contributed by atoms with Gasteiger partial charge in [-0.25, -0.2) is 4.68 Å². The molecule has 2 aromatic rings. The minimum absolute atomic E-state index is 0.0125. The largest absolute Gasteiger partial charge is 0.351 e. The molecular formula is C15H19N5O3. The molecule has 8 nitrogen and oxygen atoms in total. The molecule has 1 aromatic heterocycles. The average molecular weight is 317 g/mol. The number of aromatic nitrogens is 2. The second-order valence-electron chi connectivity index (χ2n) is 4.95. The Morgan fingerprint density at radius 2 is 2.00 bits per heavy atom. The number of carbonyl (C=O) groups excluding carboxylic acids is 1. The van der Waals surface area contributed by atoms with Crippen LogP contribution in [0.5, 0.6) is 0 Å². The van der Waals surface area contributed by atoms with Crippen LogP contribution in [0.4, 0.5) is 5.69 Å². The number of benzene rings is 1. The Hall–Kier alpha value is -2.74. The van der Waals surface area contributed by atoms with E-state index in [1.165, 1.54) is 23.0 Å². The first-order chi connectivity index (χ1) is 11.1. The van der Waals surface area contributed by atoms with E-state index < -0.39 is 4.92 Å². The molecule has 0 aliphatic rings. The summed E-state index contributed by atoms with van der Waals surface area (Å²) in [6.07, 6.45) is 4.11. The first-order valence-corrected chi connectivity index (χ1v) is 7.40. The topological polar surface area (TPSA) is 102 Å². The van der Waals surface area contributed by atoms with Crippen LogP contribution in [0.1, 0.15) is 23.7 Å². The van der Waals surface area contributed by atoms with E-state index in [9.17, 15) is 14.9 Å². The Morgan fingerprint density at radius 1 is 1.26 bits per heavy atom. The third-order valence-corrected chi connectivity index (χ3v) is 3.18. The summed E-state index contributed by atoms with van der Waals surface area (Å²) in [6.45, 7) is 4.27. The van der Waals surface area contributed by atoms with Crippen molar-refractivity contribution in [2.75, 3.05) is 19.6 Å². The minimum atomic E-state index is -0.460. The molecule has 0 aliphatic carbocycles. The molecule has 8 heteroatoms. The Bertz CT molecular complexity index is 666. The third-order valence-electron chi connectivity index (χ3n) is 3.18. The summed E-state index contributed by atoms with van der Waals surface area (Å²) in [6, 6.07) is 5.97. The van der Waals surface area contributed by atoms with Crippen molar-refractivity contribution < 1.29 is 9.72 Å². The fraction of sp³-hybridized carbons (Fsp3) is 0.333. The molecule has 0 unspecified atom stereocenters. The summed E-state index contributed by atoms with van der Waals surface area (Å²) in [5, 5.41) is 20.7. The first kappa shape index (κ1) is 16.6. The van der Waals surface area contributed by atoms with E-state index in [4.69, 9.17) is 0 Å². The van der Waals surface area contributed by atoms with Gasteiger partial charge in [-0.05, 0) is 25.1 Å². The van der Waals surface area contributed by atoms with Gasteiger partial charge in [-0.2, -0.15) is 5.10 Å². The molecule has 0 aliphatic heterocycles. The maximum Gasteiger partial charge on any atom is 0.269 e. The van der Waals surface area contributed by atoms with Crippen molar-refractivity contribution in [2.45, 2.75) is 13.3 Å². The Kier molecular flexibility index (Phi) is 5.81. The fourth-order valence-corrected chi connectivity index (χ4v) is 1.98. The molecule has 0 fully saturated rings. The van der Waals surface area contributed by atoms with Gasteiger partial charge in [-0.1, -0.05) is 6.92 Å². The SMILES string of the molecule is CCCNCCNC(=O)c1cnn(-c2ccc([N+](=O)[O-])cc2)c1. The summed E-state index contributed by atoms with van der Waals surface area (Å²) in [5.41, 5.74) is 1.11. The lowest BCUT2D eigenvalue weighted by atomic mass is 10.3. The molecule has 1 amide bonds. The zero-order chi connectivity index (χ0) is 16.7. The summed E-state index contributed by atoms with van der Waals surface area (Å²) in [7, 11) is 0. The van der Waals surface area contributed by atoms with E-state index in [0.717, 1.165) is 19.5 Å². The lowest BCUT2D eigenvalue weighted by Crippen LogP contribution is -2.31. The van der Waals surface area contributed by atoms with Crippen LogP contribution < -0.4 is 10.6 Å². The highest BCUT2D eigenvalue weighted by Crippen LogP contribution is 2.15. The van der Waals surface area contributed by atoms with Crippen LogP contribution in [-0.4, -0.2) is 40.2 Å². The molecule has 0 saturated carbocycles. The predicted octanol–water partition coefficient (Wildman–Crippen LogP) is 1.51. The second kappa shape index (κ2) is 8.04. The number of hydrogen-bond donors (Lipinski definition) is 2. The third kappa shape index (κ3) is 4.62. The van der Waals surface area contributed by atoms with E-state index in [2.05, 4.69) is 22.7 Å². The van der Waals surface area contributed by atoms with Crippen molar-refractivity contribution in [3.63, 3.8) is 0 Å². The van der Waals surface area contributed by atoms with E-state index in [-0.39, 0.29) is 11.6 Å². The molecule has 0 radical (unpaired) electrons. The number of nitrogens with zero attached hydrogens (tertiary/aromatic N) is 3. The number of nitro groups is 1. The Morgan fingerprint density at radius 3 is 2.65 bits per heavy atom. The summed E-state index contributed by atoms with van der Waals surface area (Å²) in [4.78, 5) is 22.2. The van der Waals surface area contributed by atoms with Crippen LogP contribution in [0.2, 0.25) is 0 Å². The number of nitro benzene ring substituents is 1. The standard InChI is InChI=1S/C15H19N5O3/c1-2-7-16-8-9-17-15(21)12-10-18-19(11-12)13-3-5-14(6-4-13)20(22)23/h3-6,10-11,16H,2,7-9H2,1H3,(H,17,21). The molecule has 1 aromatic carbocycles. The van der Waals surface area contributed by atoms with Gasteiger partial charge in [0.25, 0.3) is 11.6 Å². The van der Waals surface area contributed by atoms with Crippen LogP contribution in [0.25, 0.3) is 5.69 Å². The van der Waals surface area contributed by atoms with Crippen molar-refractivity contribution in [1.29, 1.82) is 0 Å². The van der Waals surface area contributed by atoms with Gasteiger partial charge in [0.1, 0.15) is 0 Å². The minimum Gasteiger partial charge on any atom is -0.351 e. The molecule has 2 rings (SSSR count). The molecule has 23 heavy (non-hydrogen) atoms. The average Bonchev–Trinajstić information content (AvgIpc) is 3.04. The van der Waals surface area contributed by atoms with Gasteiger partial charge in [0.15, 0.2) is 0 Å². The first-order valence-electron chi connectivity index (χ1n) is 7.40. The maximum atomic E-state index is 12.0. The number of carbonyl (C=O) groups is 1. The molecule has 0 spiro atoms. The highest BCUT2D eigenvalue weighted by atomic mass is 16.6. The second-order valence-corrected chi connectivity index (χ2v) is 4.95. The van der Waals surface area contributed by atoms with E-state index >= 15 is 0 Å². The molecule has 1 heterocycles. The predicted molar refractivity (Wildman–Crippen MR) is 85.7 cm³/mol. The van der Waals surface area contributed by atoms with Crippen molar-refractivity contribution in [3.05, 3.63) is 52.3 Å². The van der Waals surface area contributed by atoms with E-state index in [0.29, 0.717) is 17.8 Å². The molecule has 122 valence electrons. The highest BCUT2D eigenvalue weighted by molar-refractivity contribution is 5.93. The van der Waals surface area contributed by atoms with Crippen LogP contribution in [0.3, 0.4) is 0 Å². The van der Waals surface area contributed by atoms with Gasteiger partial charge < -0.3 is 10.6 Å². The van der Waals surface area contributed by atoms with Gasteiger partial charge >= 0.3 is 0 Å². The van der Waals surface area contributed by atoms with Crippen LogP contribution in [0, 0.1) is 10.1 Å². The van der Waals surface area contributed by atoms with Crippen molar-refractivity contribution in [1.82, 2.24) is 20.4 Å². The van der Waals surface area contributed by atoms with Crippen molar-refractivity contribution in [3.8, 4) is 5.69 Å². The van der Waals surface area contributed by atoms with Crippen LogP contribution in [-0.2, 0) is 0 Å². The van der Waals surface area contributed by atoms with E-state index in [1.54, 1.807) is 18.3 Å². The molecular weight excluding hydrogens is 298 g/mol. The smallest absolute Gasteiger partial charge is 0.269 e. The van der Waals surface area contributed by atoms with Gasteiger partial charge in [0.05, 0.1) is 22.4 Å². The molecule has 0 atom stereocenters. The van der Waals surface area contributed by atoms with Gasteiger partial charge in [-0.3, -0.25) is 14.9 Å². The van der Waals surface area contributed by atoms with Gasteiger partial charge in [-0.15, -0.1) is 0 Å². The quantitative estimate of drug-likeness (QED) is 0.436. The Labute approximate surface area is 133 Å².